The third-order valence-corrected chi connectivity index (χ3v) is 21.3. The molecule has 0 radical (unpaired) electrons. The summed E-state index contributed by atoms with van der Waals surface area (Å²) in [6.45, 7) is 8.07. The molecule has 0 aromatic rings. The van der Waals surface area contributed by atoms with Crippen LogP contribution in [0.2, 0.25) is 0 Å². The number of hydrogen-bond acceptors (Lipinski definition) is 25. The Balaban J connectivity index is 0.000000727. The molecular formula is C26H55NNa4O24Si4. The van der Waals surface area contributed by atoms with Crippen LogP contribution >= 0.6 is 0 Å². The molecule has 4 N–H and O–H groups in total. The minimum absolute atomic E-state index is 0. The van der Waals surface area contributed by atoms with Gasteiger partial charge in [-0.15, -0.1) is 0 Å². The van der Waals surface area contributed by atoms with Crippen LogP contribution in [0.15, 0.2) is 0 Å². The molecule has 0 unspecified atom stereocenters. The molecule has 0 amide bonds. The molecule has 8 rings (SSSR count). The molecule has 8 aliphatic heterocycles. The molecule has 8 heterocycles. The molecule has 4 spiro atoms. The van der Waals surface area contributed by atoms with Crippen molar-refractivity contribution >= 4 is 34.3 Å². The first-order valence-electron chi connectivity index (χ1n) is 17.8. The molecule has 25 nitrogen and oxygen atoms in total. The summed E-state index contributed by atoms with van der Waals surface area (Å²) < 4.78 is 107. The van der Waals surface area contributed by atoms with Crippen molar-refractivity contribution in [2.24, 2.45) is 0 Å². The van der Waals surface area contributed by atoms with Crippen molar-refractivity contribution in [2.45, 2.75) is 6.92 Å². The van der Waals surface area contributed by atoms with Crippen molar-refractivity contribution in [2.75, 3.05) is 159 Å². The summed E-state index contributed by atoms with van der Waals surface area (Å²) in [5.41, 5.74) is 0. The number of nitriles is 1. The predicted molar refractivity (Wildman–Crippen MR) is 182 cm³/mol. The van der Waals surface area contributed by atoms with E-state index in [2.05, 4.69) is 0 Å². The number of nitrogens with zero attached hydrogens (tertiary/aromatic N) is 1. The van der Waals surface area contributed by atoms with Gasteiger partial charge in [0, 0.05) is 6.92 Å². The Labute approximate surface area is 433 Å². The molecule has 59 heavy (non-hydrogen) atoms. The number of rotatable bonds is 12. The molecule has 0 aromatic carbocycles. The van der Waals surface area contributed by atoms with Gasteiger partial charge < -0.3 is 0 Å². The SMILES string of the molecule is CC#N.OCCO[Si-]12(OCCO1)OCCO2.OCCO[Si-]12(OCCO1)OCCO2.OCCO[Si-]12(OCCO1)OCCO2.OCCO[Si-]12(OCCO1)OCCO2.[Na+].[Na+].[Na+].[Na+]. The molecule has 8 aliphatic rings. The monoisotopic (exact) mass is 969 g/mol. The Kier molecular flexibility index (Phi) is 30.3. The van der Waals surface area contributed by atoms with E-state index in [0.29, 0.717) is 106 Å². The second-order valence-corrected chi connectivity index (χ2v) is 23.9. The topological polar surface area (TPSA) is 289 Å². The van der Waals surface area contributed by atoms with Gasteiger partial charge in [0.2, 0.25) is 0 Å². The van der Waals surface area contributed by atoms with Gasteiger partial charge in [-0.1, -0.05) is 0 Å². The fourth-order valence-corrected chi connectivity index (χ4v) is 17.5. The van der Waals surface area contributed by atoms with E-state index < -0.39 is 34.3 Å². The Hall–Kier alpha value is 3.40. The maximum atomic E-state index is 8.64. The summed E-state index contributed by atoms with van der Waals surface area (Å²) in [6, 6.07) is 1.75. The number of aliphatic hydroxyl groups excluding tert-OH is 4. The minimum Gasteiger partial charge on any atom is 1.00 e. The first-order chi connectivity index (χ1) is 26.6. The fraction of sp³-hybridized carbons (Fsp3) is 0.962. The van der Waals surface area contributed by atoms with Crippen molar-refractivity contribution in [1.82, 2.24) is 0 Å². The largest absolute Gasteiger partial charge is 1.00 e. The van der Waals surface area contributed by atoms with Gasteiger partial charge in [-0.2, -0.15) is 5.26 Å². The Morgan fingerprint density at radius 3 is 0.525 bits per heavy atom. The van der Waals surface area contributed by atoms with Gasteiger partial charge in [0.25, 0.3) is 0 Å². The molecule has 0 bridgehead atoms. The van der Waals surface area contributed by atoms with Crippen molar-refractivity contribution in [1.29, 1.82) is 5.26 Å². The summed E-state index contributed by atoms with van der Waals surface area (Å²) in [5, 5.41) is 41.9. The van der Waals surface area contributed by atoms with Crippen LogP contribution in [0.4, 0.5) is 0 Å². The van der Waals surface area contributed by atoms with Gasteiger partial charge in [0.15, 0.2) is 0 Å². The third-order valence-electron chi connectivity index (χ3n) is 7.79. The smallest absolute Gasteiger partial charge is 1.00 e. The molecule has 33 heteroatoms. The van der Waals surface area contributed by atoms with Crippen LogP contribution in [0.5, 0.6) is 0 Å². The first-order valence-corrected chi connectivity index (χ1v) is 26.0. The van der Waals surface area contributed by atoms with Gasteiger partial charge >= 0.3 is 420 Å². The Morgan fingerprint density at radius 1 is 0.339 bits per heavy atom. The Morgan fingerprint density at radius 2 is 0.441 bits per heavy atom. The van der Waals surface area contributed by atoms with Gasteiger partial charge in [-0.05, 0) is 0 Å². The van der Waals surface area contributed by atoms with Crippen molar-refractivity contribution in [3.05, 3.63) is 0 Å². The summed E-state index contributed by atoms with van der Waals surface area (Å²) >= 11 is 0. The van der Waals surface area contributed by atoms with Crippen LogP contribution in [0, 0.1) is 11.3 Å². The standard InChI is InChI=1S/4C6H13O6Si.C2H3N.4Na/c4*7-1-2-8-13(9-3-4-10-13)11-5-6-12-13;1-2-3;;;;/h4*7H,1-6H2;1H3;;;;/q4*-1;;4*+1. The van der Waals surface area contributed by atoms with Gasteiger partial charge in [0.05, 0.1) is 6.07 Å². The second kappa shape index (κ2) is 28.7. The predicted octanol–water partition coefficient (Wildman–Crippen LogP) is -15.6. The van der Waals surface area contributed by atoms with Crippen molar-refractivity contribution in [3.8, 4) is 6.07 Å². The molecule has 0 atom stereocenters. The van der Waals surface area contributed by atoms with E-state index in [1.807, 2.05) is 0 Å². The molecule has 0 saturated carbocycles. The third kappa shape index (κ3) is 16.3. The van der Waals surface area contributed by atoms with Gasteiger partial charge in [0.1, 0.15) is 0 Å². The zero-order valence-corrected chi connectivity index (χ0v) is 46.9. The summed E-state index contributed by atoms with van der Waals surface area (Å²) in [4.78, 5) is 0. The quantitative estimate of drug-likeness (QED) is 0.132. The van der Waals surface area contributed by atoms with E-state index in [0.717, 1.165) is 0 Å². The maximum absolute atomic E-state index is 8.64. The van der Waals surface area contributed by atoms with E-state index in [1.165, 1.54) is 6.92 Å². The van der Waals surface area contributed by atoms with E-state index >= 15 is 0 Å². The average molecular weight is 970 g/mol. The van der Waals surface area contributed by atoms with E-state index in [9.17, 15) is 0 Å². The normalized spacial score (nSPS) is 29.4. The van der Waals surface area contributed by atoms with E-state index in [-0.39, 0.29) is 171 Å². The zero-order valence-electron chi connectivity index (χ0n) is 34.9. The minimum atomic E-state index is -3.93. The van der Waals surface area contributed by atoms with Gasteiger partial charge in [-0.25, -0.2) is 0 Å². The molecular weight excluding hydrogens is 915 g/mol. The summed E-state index contributed by atoms with van der Waals surface area (Å²) in [6.07, 6.45) is 0. The van der Waals surface area contributed by atoms with Crippen molar-refractivity contribution in [3.63, 3.8) is 0 Å². The van der Waals surface area contributed by atoms with Gasteiger partial charge in [-0.3, -0.25) is 0 Å². The van der Waals surface area contributed by atoms with Crippen LogP contribution < -0.4 is 118 Å². The second-order valence-electron chi connectivity index (χ2n) is 11.4. The average Bonchev–Trinajstić information content (AvgIpc) is 4.08. The first kappa shape index (κ1) is 62.4. The van der Waals surface area contributed by atoms with Crippen LogP contribution in [0.25, 0.3) is 0 Å². The van der Waals surface area contributed by atoms with E-state index in [1.54, 1.807) is 6.07 Å². The molecule has 328 valence electrons. The molecule has 0 aliphatic carbocycles. The van der Waals surface area contributed by atoms with Crippen LogP contribution in [0.1, 0.15) is 6.92 Å². The number of hydrogen-bond donors (Lipinski definition) is 4. The molecule has 0 aromatic heterocycles. The maximum Gasteiger partial charge on any atom is 1.00 e. The Bertz CT molecular complexity index is 932. The van der Waals surface area contributed by atoms with Crippen molar-refractivity contribution < 1.29 is 227 Å². The summed E-state index contributed by atoms with van der Waals surface area (Å²) in [7, 11) is -15.7. The number of aliphatic hydroxyl groups is 4. The van der Waals surface area contributed by atoms with Crippen LogP contribution in [0.3, 0.4) is 0 Å². The zero-order chi connectivity index (χ0) is 39.6. The summed E-state index contributed by atoms with van der Waals surface area (Å²) in [5.74, 6) is 0. The molecule has 8 saturated heterocycles. The fourth-order valence-electron chi connectivity index (χ4n) is 5.85. The van der Waals surface area contributed by atoms with Crippen LogP contribution in [-0.2, 0) is 88.5 Å². The van der Waals surface area contributed by atoms with E-state index in [4.69, 9.17) is 114 Å². The van der Waals surface area contributed by atoms with Crippen LogP contribution in [-0.4, -0.2) is 213 Å². The molecule has 8 fully saturated rings.